The van der Waals surface area contributed by atoms with Crippen molar-refractivity contribution in [3.63, 3.8) is 0 Å². The van der Waals surface area contributed by atoms with Gasteiger partial charge in [-0.3, -0.25) is 4.90 Å². The second-order valence-corrected chi connectivity index (χ2v) is 5.78. The summed E-state index contributed by atoms with van der Waals surface area (Å²) < 4.78 is 0. The number of hydrogen-bond acceptors (Lipinski definition) is 2. The summed E-state index contributed by atoms with van der Waals surface area (Å²) in [4.78, 5) is 2.58. The third-order valence-corrected chi connectivity index (χ3v) is 4.19. The van der Waals surface area contributed by atoms with Crippen LogP contribution in [0.2, 0.25) is 0 Å². The molecule has 1 saturated heterocycles. The summed E-state index contributed by atoms with van der Waals surface area (Å²) in [5.74, 6) is 0. The summed E-state index contributed by atoms with van der Waals surface area (Å²) in [6.45, 7) is 4.36. The number of nitrogens with zero attached hydrogens (tertiary/aromatic N) is 1. The maximum atomic E-state index is 5.78. The van der Waals surface area contributed by atoms with E-state index >= 15 is 0 Å². The van der Waals surface area contributed by atoms with E-state index in [0.29, 0.717) is 6.04 Å². The number of rotatable bonds is 3. The van der Waals surface area contributed by atoms with E-state index < -0.39 is 0 Å². The molecule has 0 spiro atoms. The lowest BCUT2D eigenvalue weighted by atomic mass is 10.0. The molecule has 1 atom stereocenters. The van der Waals surface area contributed by atoms with Crippen LogP contribution in [0.15, 0.2) is 48.5 Å². The first kappa shape index (κ1) is 13.2. The fourth-order valence-corrected chi connectivity index (χ4v) is 3.04. The normalized spacial score (nSPS) is 19.4. The average Bonchev–Trinajstić information content (AvgIpc) is 2.90. The molecule has 2 aromatic carbocycles. The predicted molar refractivity (Wildman–Crippen MR) is 84.4 cm³/mol. The Morgan fingerprint density at radius 2 is 1.75 bits per heavy atom. The Kier molecular flexibility index (Phi) is 3.75. The van der Waals surface area contributed by atoms with Crippen molar-refractivity contribution in [3.8, 4) is 0 Å². The monoisotopic (exact) mass is 266 g/mol. The molecular formula is C18H22N2. The zero-order valence-electron chi connectivity index (χ0n) is 12.0. The number of benzene rings is 2. The number of aryl methyl sites for hydroxylation is 1. The molecule has 0 aromatic heterocycles. The third kappa shape index (κ3) is 2.86. The van der Waals surface area contributed by atoms with Gasteiger partial charge in [0.25, 0.3) is 0 Å². The highest BCUT2D eigenvalue weighted by Gasteiger charge is 2.25. The van der Waals surface area contributed by atoms with Gasteiger partial charge in [0.05, 0.1) is 0 Å². The Bertz CT molecular complexity index is 557. The van der Waals surface area contributed by atoms with Gasteiger partial charge in [-0.15, -0.1) is 0 Å². The Morgan fingerprint density at radius 1 is 1.05 bits per heavy atom. The van der Waals surface area contributed by atoms with Crippen LogP contribution in [0.4, 0.5) is 5.69 Å². The van der Waals surface area contributed by atoms with Crippen molar-refractivity contribution in [1.82, 2.24) is 4.90 Å². The second-order valence-electron chi connectivity index (χ2n) is 5.78. The van der Waals surface area contributed by atoms with Gasteiger partial charge in [-0.25, -0.2) is 0 Å². The Hall–Kier alpha value is -1.80. The van der Waals surface area contributed by atoms with Crippen LogP contribution in [-0.4, -0.2) is 11.4 Å². The van der Waals surface area contributed by atoms with E-state index in [4.69, 9.17) is 5.73 Å². The van der Waals surface area contributed by atoms with Crippen LogP contribution < -0.4 is 5.73 Å². The van der Waals surface area contributed by atoms with Gasteiger partial charge in [0.15, 0.2) is 0 Å². The Morgan fingerprint density at radius 3 is 2.45 bits per heavy atom. The zero-order chi connectivity index (χ0) is 13.9. The van der Waals surface area contributed by atoms with Gasteiger partial charge in [-0.2, -0.15) is 0 Å². The lowest BCUT2D eigenvalue weighted by molar-refractivity contribution is 0.248. The molecule has 2 nitrogen and oxygen atoms in total. The minimum Gasteiger partial charge on any atom is -0.399 e. The number of nitrogens with two attached hydrogens (primary N) is 1. The zero-order valence-corrected chi connectivity index (χ0v) is 12.0. The lowest BCUT2D eigenvalue weighted by Gasteiger charge is -2.25. The summed E-state index contributed by atoms with van der Waals surface area (Å²) in [5, 5.41) is 0. The summed E-state index contributed by atoms with van der Waals surface area (Å²) in [6, 6.07) is 17.8. The molecule has 1 fully saturated rings. The van der Waals surface area contributed by atoms with Crippen LogP contribution in [0.1, 0.15) is 35.6 Å². The molecule has 20 heavy (non-hydrogen) atoms. The van der Waals surface area contributed by atoms with Gasteiger partial charge in [-0.1, -0.05) is 42.0 Å². The highest BCUT2D eigenvalue weighted by molar-refractivity contribution is 5.40. The number of hydrogen-bond donors (Lipinski definition) is 1. The first-order valence-corrected chi connectivity index (χ1v) is 7.37. The first-order chi connectivity index (χ1) is 9.72. The Balaban J connectivity index is 1.75. The van der Waals surface area contributed by atoms with Gasteiger partial charge >= 0.3 is 0 Å². The van der Waals surface area contributed by atoms with Crippen molar-refractivity contribution in [2.24, 2.45) is 0 Å². The van der Waals surface area contributed by atoms with E-state index in [1.54, 1.807) is 0 Å². The molecule has 0 amide bonds. The molecule has 2 heteroatoms. The van der Waals surface area contributed by atoms with Crippen molar-refractivity contribution in [2.75, 3.05) is 12.3 Å². The van der Waals surface area contributed by atoms with E-state index in [1.165, 1.54) is 36.1 Å². The smallest absolute Gasteiger partial charge is 0.0352 e. The molecule has 2 N–H and O–H groups in total. The number of anilines is 1. The van der Waals surface area contributed by atoms with Gasteiger partial charge in [0.1, 0.15) is 0 Å². The molecule has 2 aromatic rings. The average molecular weight is 266 g/mol. The van der Waals surface area contributed by atoms with Crippen LogP contribution in [0, 0.1) is 6.92 Å². The highest BCUT2D eigenvalue weighted by Crippen LogP contribution is 2.33. The molecule has 1 aliphatic rings. The number of nitrogen functional groups attached to an aromatic ring is 1. The quantitative estimate of drug-likeness (QED) is 0.853. The minimum atomic E-state index is 0.539. The largest absolute Gasteiger partial charge is 0.399 e. The van der Waals surface area contributed by atoms with E-state index in [2.05, 4.69) is 48.2 Å². The molecule has 0 radical (unpaired) electrons. The van der Waals surface area contributed by atoms with E-state index in [-0.39, 0.29) is 0 Å². The van der Waals surface area contributed by atoms with Gasteiger partial charge in [-0.05, 0) is 49.6 Å². The van der Waals surface area contributed by atoms with Crippen LogP contribution in [0.3, 0.4) is 0 Å². The molecule has 0 bridgehead atoms. The van der Waals surface area contributed by atoms with Crippen molar-refractivity contribution in [1.29, 1.82) is 0 Å². The predicted octanol–water partition coefficient (Wildman–Crippen LogP) is 3.91. The first-order valence-electron chi connectivity index (χ1n) is 7.37. The summed E-state index contributed by atoms with van der Waals surface area (Å²) >= 11 is 0. The Labute approximate surface area is 121 Å². The van der Waals surface area contributed by atoms with Crippen molar-refractivity contribution in [2.45, 2.75) is 32.4 Å². The van der Waals surface area contributed by atoms with Crippen LogP contribution in [0.25, 0.3) is 0 Å². The minimum absolute atomic E-state index is 0.539. The van der Waals surface area contributed by atoms with Gasteiger partial charge in [0, 0.05) is 18.3 Å². The molecule has 1 aliphatic heterocycles. The van der Waals surface area contributed by atoms with Gasteiger partial charge in [0.2, 0.25) is 0 Å². The van der Waals surface area contributed by atoms with E-state index in [1.807, 2.05) is 12.1 Å². The molecule has 0 aliphatic carbocycles. The maximum Gasteiger partial charge on any atom is 0.0352 e. The molecule has 1 heterocycles. The topological polar surface area (TPSA) is 29.3 Å². The second kappa shape index (κ2) is 5.68. The molecule has 104 valence electrons. The molecular weight excluding hydrogens is 244 g/mol. The molecule has 3 rings (SSSR count). The lowest BCUT2D eigenvalue weighted by Crippen LogP contribution is -2.22. The van der Waals surface area contributed by atoms with E-state index in [9.17, 15) is 0 Å². The molecule has 0 saturated carbocycles. The summed E-state index contributed by atoms with van der Waals surface area (Å²) in [7, 11) is 0. The van der Waals surface area contributed by atoms with Gasteiger partial charge < -0.3 is 5.73 Å². The van der Waals surface area contributed by atoms with Crippen LogP contribution >= 0.6 is 0 Å². The van der Waals surface area contributed by atoms with Crippen LogP contribution in [0.5, 0.6) is 0 Å². The number of likely N-dealkylation sites (tertiary alicyclic amines) is 1. The molecule has 1 unspecified atom stereocenters. The van der Waals surface area contributed by atoms with Crippen LogP contribution in [-0.2, 0) is 6.54 Å². The highest BCUT2D eigenvalue weighted by atomic mass is 15.2. The van der Waals surface area contributed by atoms with E-state index in [0.717, 1.165) is 12.2 Å². The third-order valence-electron chi connectivity index (χ3n) is 4.19. The van der Waals surface area contributed by atoms with Crippen molar-refractivity contribution < 1.29 is 0 Å². The fraction of sp³-hybridized carbons (Fsp3) is 0.333. The summed E-state index contributed by atoms with van der Waals surface area (Å²) in [6.07, 6.45) is 2.52. The van der Waals surface area contributed by atoms with Crippen molar-refractivity contribution >= 4 is 5.69 Å². The standard InChI is InChI=1S/C18H22N2/c1-14-4-6-15(7-5-14)13-20-12-2-3-18(20)16-8-10-17(19)11-9-16/h4-11,18H,2-3,12-13,19H2,1H3. The maximum absolute atomic E-state index is 5.78. The van der Waals surface area contributed by atoms with Crippen molar-refractivity contribution in [3.05, 3.63) is 65.2 Å². The summed E-state index contributed by atoms with van der Waals surface area (Å²) in [5.41, 5.74) is 10.7. The fourth-order valence-electron chi connectivity index (χ4n) is 3.04. The SMILES string of the molecule is Cc1ccc(CN2CCCC2c2ccc(N)cc2)cc1.